The monoisotopic (exact) mass is 241 g/mol. The van der Waals surface area contributed by atoms with Gasteiger partial charge >= 0.3 is 12.0 Å². The Kier molecular flexibility index (Phi) is 4.00. The fourth-order valence-corrected chi connectivity index (χ4v) is 1.13. The molecule has 2 amide bonds. The van der Waals surface area contributed by atoms with E-state index >= 15 is 0 Å². The van der Waals surface area contributed by atoms with Gasteiger partial charge in [0.05, 0.1) is 5.56 Å². The summed E-state index contributed by atoms with van der Waals surface area (Å²) in [6.07, 6.45) is 0. The summed E-state index contributed by atoms with van der Waals surface area (Å²) >= 11 is 0. The second-order valence-electron chi connectivity index (χ2n) is 3.46. The number of halogens is 1. The van der Waals surface area contributed by atoms with E-state index in [0.29, 0.717) is 0 Å². The van der Waals surface area contributed by atoms with Crippen LogP contribution in [0, 0.1) is 5.82 Å². The van der Waals surface area contributed by atoms with Crippen LogP contribution in [0.25, 0.3) is 0 Å². The lowest BCUT2D eigenvalue weighted by molar-refractivity contribution is 0.0692. The molecule has 0 aliphatic carbocycles. The molecule has 7 heteroatoms. The topological polar surface area (TPSA) is 81.7 Å². The molecule has 1 aromatic carbocycles. The second-order valence-corrected chi connectivity index (χ2v) is 3.46. The first-order valence-corrected chi connectivity index (χ1v) is 4.68. The summed E-state index contributed by atoms with van der Waals surface area (Å²) in [5, 5.41) is 12.4. The van der Waals surface area contributed by atoms with Gasteiger partial charge in [0, 0.05) is 19.8 Å². The second kappa shape index (κ2) is 5.26. The SMILES string of the molecule is CN(C)NC(=O)Nc1ccc(C(=O)O)c(F)c1. The van der Waals surface area contributed by atoms with E-state index in [1.165, 1.54) is 11.1 Å². The Labute approximate surface area is 97.0 Å². The highest BCUT2D eigenvalue weighted by Gasteiger charge is 2.11. The molecule has 3 N–H and O–H groups in total. The maximum atomic E-state index is 13.3. The molecule has 0 radical (unpaired) electrons. The maximum absolute atomic E-state index is 13.3. The largest absolute Gasteiger partial charge is 0.478 e. The van der Waals surface area contributed by atoms with Gasteiger partial charge in [0.1, 0.15) is 5.82 Å². The van der Waals surface area contributed by atoms with Crippen LogP contribution >= 0.6 is 0 Å². The summed E-state index contributed by atoms with van der Waals surface area (Å²) in [6.45, 7) is 0. The van der Waals surface area contributed by atoms with E-state index < -0.39 is 23.4 Å². The predicted molar refractivity (Wildman–Crippen MR) is 59.2 cm³/mol. The fourth-order valence-electron chi connectivity index (χ4n) is 1.13. The number of carboxylic acid groups (broad SMARTS) is 1. The summed E-state index contributed by atoms with van der Waals surface area (Å²) in [6, 6.07) is 2.79. The van der Waals surface area contributed by atoms with Gasteiger partial charge in [0.2, 0.25) is 0 Å². The Morgan fingerprint density at radius 1 is 1.35 bits per heavy atom. The van der Waals surface area contributed by atoms with E-state index in [0.717, 1.165) is 12.1 Å². The molecule has 0 aliphatic rings. The summed E-state index contributed by atoms with van der Waals surface area (Å²) in [5.74, 6) is -2.26. The molecule has 0 fully saturated rings. The van der Waals surface area contributed by atoms with Crippen LogP contribution in [0.4, 0.5) is 14.9 Å². The number of hydrogen-bond donors (Lipinski definition) is 3. The minimum Gasteiger partial charge on any atom is -0.478 e. The van der Waals surface area contributed by atoms with E-state index in [1.807, 2.05) is 0 Å². The minimum atomic E-state index is -1.35. The van der Waals surface area contributed by atoms with E-state index in [2.05, 4.69) is 10.7 Å². The fraction of sp³-hybridized carbons (Fsp3) is 0.200. The Morgan fingerprint density at radius 3 is 2.47 bits per heavy atom. The van der Waals surface area contributed by atoms with Gasteiger partial charge in [-0.1, -0.05) is 0 Å². The zero-order chi connectivity index (χ0) is 13.0. The van der Waals surface area contributed by atoms with Crippen molar-refractivity contribution in [2.45, 2.75) is 0 Å². The Hall–Kier alpha value is -2.15. The normalized spacial score (nSPS) is 10.1. The third-order valence-corrected chi connectivity index (χ3v) is 1.78. The number of amides is 2. The molecule has 0 aliphatic heterocycles. The van der Waals surface area contributed by atoms with Crippen molar-refractivity contribution in [3.05, 3.63) is 29.6 Å². The zero-order valence-electron chi connectivity index (χ0n) is 9.32. The molecule has 6 nitrogen and oxygen atoms in total. The van der Waals surface area contributed by atoms with Crippen LogP contribution in [0.1, 0.15) is 10.4 Å². The van der Waals surface area contributed by atoms with Crippen LogP contribution in [0.15, 0.2) is 18.2 Å². The highest BCUT2D eigenvalue weighted by molar-refractivity contribution is 5.91. The molecule has 1 rings (SSSR count). The van der Waals surface area contributed by atoms with Crippen molar-refractivity contribution in [3.8, 4) is 0 Å². The van der Waals surface area contributed by atoms with Crippen LogP contribution in [-0.4, -0.2) is 36.2 Å². The number of hydrazine groups is 1. The lowest BCUT2D eigenvalue weighted by atomic mass is 10.2. The van der Waals surface area contributed by atoms with Crippen molar-refractivity contribution in [2.75, 3.05) is 19.4 Å². The third kappa shape index (κ3) is 3.72. The molecule has 0 aromatic heterocycles. The molecule has 92 valence electrons. The first-order chi connectivity index (χ1) is 7.90. The zero-order valence-corrected chi connectivity index (χ0v) is 9.32. The Balaban J connectivity index is 2.77. The first-order valence-electron chi connectivity index (χ1n) is 4.68. The van der Waals surface area contributed by atoms with Gasteiger partial charge in [0.25, 0.3) is 0 Å². The molecule has 1 aromatic rings. The van der Waals surface area contributed by atoms with E-state index in [1.54, 1.807) is 14.1 Å². The molecular formula is C10H12FN3O3. The van der Waals surface area contributed by atoms with Crippen LogP contribution in [0.3, 0.4) is 0 Å². The quantitative estimate of drug-likeness (QED) is 0.693. The van der Waals surface area contributed by atoms with Crippen LogP contribution in [0.5, 0.6) is 0 Å². The van der Waals surface area contributed by atoms with Gasteiger partial charge in [-0.15, -0.1) is 0 Å². The number of carbonyl (C=O) groups is 2. The third-order valence-electron chi connectivity index (χ3n) is 1.78. The average Bonchev–Trinajstić information content (AvgIpc) is 2.15. The Morgan fingerprint density at radius 2 is 2.00 bits per heavy atom. The number of urea groups is 1. The standard InChI is InChI=1S/C10H12FN3O3/c1-14(2)13-10(17)12-6-3-4-7(9(15)16)8(11)5-6/h3-5H,1-2H3,(H,15,16)(H2,12,13,17). The van der Waals surface area contributed by atoms with Gasteiger partial charge in [-0.05, 0) is 18.2 Å². The van der Waals surface area contributed by atoms with Crippen LogP contribution < -0.4 is 10.7 Å². The van der Waals surface area contributed by atoms with Gasteiger partial charge < -0.3 is 10.4 Å². The molecule has 0 saturated carbocycles. The lowest BCUT2D eigenvalue weighted by Crippen LogP contribution is -2.39. The summed E-state index contributed by atoms with van der Waals surface area (Å²) in [5.41, 5.74) is 2.12. The van der Waals surface area contributed by atoms with Crippen molar-refractivity contribution in [2.24, 2.45) is 0 Å². The number of carboxylic acids is 1. The van der Waals surface area contributed by atoms with E-state index in [4.69, 9.17) is 5.11 Å². The maximum Gasteiger partial charge on any atom is 0.338 e. The minimum absolute atomic E-state index is 0.173. The summed E-state index contributed by atoms with van der Waals surface area (Å²) in [7, 11) is 3.24. The van der Waals surface area contributed by atoms with Crippen LogP contribution in [0.2, 0.25) is 0 Å². The molecule has 17 heavy (non-hydrogen) atoms. The van der Waals surface area contributed by atoms with Gasteiger partial charge in [-0.3, -0.25) is 5.43 Å². The average molecular weight is 241 g/mol. The number of nitrogens with zero attached hydrogens (tertiary/aromatic N) is 1. The number of aromatic carboxylic acids is 1. The molecule has 0 atom stereocenters. The number of rotatable bonds is 3. The highest BCUT2D eigenvalue weighted by Crippen LogP contribution is 2.14. The number of nitrogens with one attached hydrogen (secondary N) is 2. The smallest absolute Gasteiger partial charge is 0.338 e. The molecule has 0 spiro atoms. The number of carbonyl (C=O) groups excluding carboxylic acids is 1. The van der Waals surface area contributed by atoms with Crippen molar-refractivity contribution in [1.29, 1.82) is 0 Å². The van der Waals surface area contributed by atoms with Crippen molar-refractivity contribution < 1.29 is 19.1 Å². The van der Waals surface area contributed by atoms with Crippen molar-refractivity contribution >= 4 is 17.7 Å². The molecule has 0 saturated heterocycles. The lowest BCUT2D eigenvalue weighted by Gasteiger charge is -2.12. The predicted octanol–water partition coefficient (Wildman–Crippen LogP) is 1.12. The van der Waals surface area contributed by atoms with Gasteiger partial charge in [-0.25, -0.2) is 19.0 Å². The van der Waals surface area contributed by atoms with Gasteiger partial charge in [0.15, 0.2) is 0 Å². The van der Waals surface area contributed by atoms with E-state index in [-0.39, 0.29) is 5.69 Å². The molecular weight excluding hydrogens is 229 g/mol. The Bertz CT molecular complexity index is 448. The molecule has 0 unspecified atom stereocenters. The number of anilines is 1. The van der Waals surface area contributed by atoms with Crippen LogP contribution in [-0.2, 0) is 0 Å². The van der Waals surface area contributed by atoms with Gasteiger partial charge in [-0.2, -0.15) is 0 Å². The number of hydrogen-bond acceptors (Lipinski definition) is 3. The first kappa shape index (κ1) is 12.9. The highest BCUT2D eigenvalue weighted by atomic mass is 19.1. The van der Waals surface area contributed by atoms with E-state index in [9.17, 15) is 14.0 Å². The molecule has 0 bridgehead atoms. The van der Waals surface area contributed by atoms with Crippen molar-refractivity contribution in [1.82, 2.24) is 10.4 Å². The summed E-state index contributed by atoms with van der Waals surface area (Å²) < 4.78 is 13.3. The van der Waals surface area contributed by atoms with Crippen molar-refractivity contribution in [3.63, 3.8) is 0 Å². The summed E-state index contributed by atoms with van der Waals surface area (Å²) in [4.78, 5) is 21.8. The number of benzene rings is 1. The molecule has 0 heterocycles.